The van der Waals surface area contributed by atoms with Crippen molar-refractivity contribution in [3.8, 4) is 17.1 Å². The van der Waals surface area contributed by atoms with Crippen molar-refractivity contribution in [2.75, 3.05) is 6.61 Å². The maximum Gasteiger partial charge on any atom is 0.221 e. The van der Waals surface area contributed by atoms with E-state index in [1.165, 1.54) is 5.56 Å². The normalized spacial score (nSPS) is 11.7. The van der Waals surface area contributed by atoms with Gasteiger partial charge in [0.25, 0.3) is 0 Å². The van der Waals surface area contributed by atoms with Crippen LogP contribution in [0.15, 0.2) is 54.6 Å². The summed E-state index contributed by atoms with van der Waals surface area (Å²) in [4.78, 5) is 4.73. The Morgan fingerprint density at radius 1 is 0.957 bits per heavy atom. The third-order valence-corrected chi connectivity index (χ3v) is 4.03. The summed E-state index contributed by atoms with van der Waals surface area (Å²) in [6.07, 6.45) is 0. The molecule has 23 heavy (non-hydrogen) atoms. The van der Waals surface area contributed by atoms with Crippen LogP contribution in [-0.4, -0.2) is 11.6 Å². The number of fused-ring (bicyclic) bond motifs is 1. The van der Waals surface area contributed by atoms with Crippen LogP contribution in [-0.2, 0) is 5.41 Å². The minimum Gasteiger partial charge on any atom is -0.478 e. The molecule has 2 nitrogen and oxygen atoms in total. The van der Waals surface area contributed by atoms with Gasteiger partial charge in [-0.2, -0.15) is 0 Å². The van der Waals surface area contributed by atoms with Crippen LogP contribution in [0.2, 0.25) is 0 Å². The highest BCUT2D eigenvalue weighted by atomic mass is 16.5. The lowest BCUT2D eigenvalue weighted by atomic mass is 9.86. The lowest BCUT2D eigenvalue weighted by Gasteiger charge is -2.19. The van der Waals surface area contributed by atoms with E-state index >= 15 is 0 Å². The van der Waals surface area contributed by atoms with Gasteiger partial charge < -0.3 is 4.74 Å². The van der Waals surface area contributed by atoms with Gasteiger partial charge in [0.15, 0.2) is 0 Å². The summed E-state index contributed by atoms with van der Waals surface area (Å²) in [5.41, 5.74) is 3.55. The summed E-state index contributed by atoms with van der Waals surface area (Å²) in [5, 5.41) is 2.21. The Kier molecular flexibility index (Phi) is 4.08. The molecule has 2 heteroatoms. The molecule has 0 spiro atoms. The molecule has 118 valence electrons. The molecule has 0 saturated carbocycles. The molecule has 0 saturated heterocycles. The molecule has 3 aromatic rings. The number of ether oxygens (including phenoxy) is 1. The second-order valence-electron chi connectivity index (χ2n) is 6.79. The molecule has 0 bridgehead atoms. The molecule has 3 rings (SSSR count). The fourth-order valence-electron chi connectivity index (χ4n) is 2.70. The van der Waals surface area contributed by atoms with E-state index in [0.29, 0.717) is 12.5 Å². The Labute approximate surface area is 138 Å². The molecule has 0 atom stereocenters. The SMILES string of the molecule is CCOc1nc(-c2ccc(C(C)(C)C)cc2)cc2ccccc12. The Morgan fingerprint density at radius 3 is 2.30 bits per heavy atom. The second kappa shape index (κ2) is 6.04. The van der Waals surface area contributed by atoms with Crippen molar-refractivity contribution in [3.63, 3.8) is 0 Å². The molecule has 0 radical (unpaired) electrons. The smallest absolute Gasteiger partial charge is 0.221 e. The van der Waals surface area contributed by atoms with Gasteiger partial charge in [-0.25, -0.2) is 4.98 Å². The lowest BCUT2D eigenvalue weighted by molar-refractivity contribution is 0.332. The summed E-state index contributed by atoms with van der Waals surface area (Å²) in [5.74, 6) is 0.709. The molecule has 0 aliphatic rings. The lowest BCUT2D eigenvalue weighted by Crippen LogP contribution is -2.10. The van der Waals surface area contributed by atoms with Gasteiger partial charge >= 0.3 is 0 Å². The zero-order chi connectivity index (χ0) is 16.4. The van der Waals surface area contributed by atoms with Gasteiger partial charge in [0.1, 0.15) is 0 Å². The zero-order valence-electron chi connectivity index (χ0n) is 14.3. The summed E-state index contributed by atoms with van der Waals surface area (Å²) < 4.78 is 5.75. The van der Waals surface area contributed by atoms with Crippen molar-refractivity contribution in [1.29, 1.82) is 0 Å². The number of pyridine rings is 1. The maximum absolute atomic E-state index is 5.75. The van der Waals surface area contributed by atoms with Gasteiger partial charge in [-0.05, 0) is 35.4 Å². The fourth-order valence-corrected chi connectivity index (χ4v) is 2.70. The number of nitrogens with zero attached hydrogens (tertiary/aromatic N) is 1. The van der Waals surface area contributed by atoms with Crippen LogP contribution >= 0.6 is 0 Å². The molecule has 0 unspecified atom stereocenters. The monoisotopic (exact) mass is 305 g/mol. The third-order valence-electron chi connectivity index (χ3n) is 4.03. The Bertz CT molecular complexity index is 813. The predicted octanol–water partition coefficient (Wildman–Crippen LogP) is 5.60. The van der Waals surface area contributed by atoms with Crippen LogP contribution in [0.25, 0.3) is 22.0 Å². The summed E-state index contributed by atoms with van der Waals surface area (Å²) in [6.45, 7) is 9.28. The van der Waals surface area contributed by atoms with Crippen LogP contribution < -0.4 is 4.74 Å². The molecule has 0 amide bonds. The second-order valence-corrected chi connectivity index (χ2v) is 6.79. The van der Waals surface area contributed by atoms with Crippen molar-refractivity contribution < 1.29 is 4.74 Å². The van der Waals surface area contributed by atoms with E-state index in [1.807, 2.05) is 19.1 Å². The molecular formula is C21H23NO. The summed E-state index contributed by atoms with van der Waals surface area (Å²) in [7, 11) is 0. The Hall–Kier alpha value is -2.35. The minimum absolute atomic E-state index is 0.159. The first-order valence-electron chi connectivity index (χ1n) is 8.12. The zero-order valence-corrected chi connectivity index (χ0v) is 14.3. The van der Waals surface area contributed by atoms with E-state index in [0.717, 1.165) is 22.0 Å². The quantitative estimate of drug-likeness (QED) is 0.628. The van der Waals surface area contributed by atoms with Gasteiger partial charge in [0.2, 0.25) is 5.88 Å². The molecule has 1 aromatic heterocycles. The van der Waals surface area contributed by atoms with Crippen LogP contribution in [0.5, 0.6) is 5.88 Å². The highest BCUT2D eigenvalue weighted by Gasteiger charge is 2.14. The van der Waals surface area contributed by atoms with E-state index in [4.69, 9.17) is 9.72 Å². The average molecular weight is 305 g/mol. The highest BCUT2D eigenvalue weighted by Crippen LogP contribution is 2.30. The first-order chi connectivity index (χ1) is 11.0. The first kappa shape index (κ1) is 15.5. The molecular weight excluding hydrogens is 282 g/mol. The van der Waals surface area contributed by atoms with Gasteiger partial charge in [0, 0.05) is 10.9 Å². The molecule has 1 heterocycles. The topological polar surface area (TPSA) is 22.1 Å². The van der Waals surface area contributed by atoms with Gasteiger partial charge in [0.05, 0.1) is 12.3 Å². The van der Waals surface area contributed by atoms with Crippen molar-refractivity contribution in [2.24, 2.45) is 0 Å². The summed E-state index contributed by atoms with van der Waals surface area (Å²) in [6, 6.07) is 19.0. The van der Waals surface area contributed by atoms with Crippen molar-refractivity contribution in [1.82, 2.24) is 4.98 Å². The Morgan fingerprint density at radius 2 is 1.65 bits per heavy atom. The van der Waals surface area contributed by atoms with Crippen LogP contribution in [0, 0.1) is 0 Å². The molecule has 0 fully saturated rings. The van der Waals surface area contributed by atoms with E-state index in [1.54, 1.807) is 0 Å². The highest BCUT2D eigenvalue weighted by molar-refractivity contribution is 5.90. The first-order valence-corrected chi connectivity index (χ1v) is 8.12. The Balaban J connectivity index is 2.09. The molecule has 2 aromatic carbocycles. The van der Waals surface area contributed by atoms with E-state index in [9.17, 15) is 0 Å². The molecule has 0 aliphatic carbocycles. The van der Waals surface area contributed by atoms with Gasteiger partial charge in [-0.3, -0.25) is 0 Å². The van der Waals surface area contributed by atoms with Crippen molar-refractivity contribution in [2.45, 2.75) is 33.1 Å². The van der Waals surface area contributed by atoms with Crippen LogP contribution in [0.4, 0.5) is 0 Å². The number of aromatic nitrogens is 1. The fraction of sp³-hybridized carbons (Fsp3) is 0.286. The largest absolute Gasteiger partial charge is 0.478 e. The number of benzene rings is 2. The minimum atomic E-state index is 0.159. The maximum atomic E-state index is 5.75. The van der Waals surface area contributed by atoms with Crippen LogP contribution in [0.1, 0.15) is 33.3 Å². The van der Waals surface area contributed by atoms with E-state index in [2.05, 4.69) is 63.2 Å². The molecule has 0 aliphatic heterocycles. The number of hydrogen-bond donors (Lipinski definition) is 0. The average Bonchev–Trinajstić information content (AvgIpc) is 2.54. The number of hydrogen-bond acceptors (Lipinski definition) is 2. The van der Waals surface area contributed by atoms with E-state index < -0.39 is 0 Å². The van der Waals surface area contributed by atoms with Crippen LogP contribution in [0.3, 0.4) is 0 Å². The van der Waals surface area contributed by atoms with Crippen molar-refractivity contribution >= 4 is 10.8 Å². The standard InChI is InChI=1S/C21H23NO/c1-5-23-20-18-9-7-6-8-16(18)14-19(22-20)15-10-12-17(13-11-15)21(2,3)4/h6-14H,5H2,1-4H3. The van der Waals surface area contributed by atoms with E-state index in [-0.39, 0.29) is 5.41 Å². The predicted molar refractivity (Wildman–Crippen MR) is 97.0 cm³/mol. The number of rotatable bonds is 3. The van der Waals surface area contributed by atoms with Gasteiger partial charge in [-0.15, -0.1) is 0 Å². The van der Waals surface area contributed by atoms with Gasteiger partial charge in [-0.1, -0.05) is 63.2 Å². The van der Waals surface area contributed by atoms with Crippen molar-refractivity contribution in [3.05, 3.63) is 60.2 Å². The molecule has 0 N–H and O–H groups in total. The summed E-state index contributed by atoms with van der Waals surface area (Å²) >= 11 is 0. The third kappa shape index (κ3) is 3.21.